The minimum Gasteiger partial charge on any atom is -0.300 e. The highest BCUT2D eigenvalue weighted by Gasteiger charge is 2.25. The summed E-state index contributed by atoms with van der Waals surface area (Å²) < 4.78 is 22.7. The molecule has 0 saturated carbocycles. The molecule has 0 radical (unpaired) electrons. The van der Waals surface area contributed by atoms with Crippen LogP contribution in [0.1, 0.15) is 26.2 Å². The van der Waals surface area contributed by atoms with Crippen molar-refractivity contribution >= 4 is 9.84 Å². The number of nitrogens with one attached hydrogen (secondary N) is 1. The minimum absolute atomic E-state index is 0.00769. The Kier molecular flexibility index (Phi) is 3.97. The molecule has 2 atom stereocenters. The Hall–Kier alpha value is -0.530. The van der Waals surface area contributed by atoms with Gasteiger partial charge in [-0.25, -0.2) is 8.42 Å². The first-order valence-electron chi connectivity index (χ1n) is 5.00. The number of hydrogen-bond acceptors (Lipinski definition) is 3. The van der Waals surface area contributed by atoms with E-state index in [9.17, 15) is 8.42 Å². The van der Waals surface area contributed by atoms with Gasteiger partial charge in [-0.3, -0.25) is 5.32 Å². The van der Waals surface area contributed by atoms with Crippen LogP contribution < -0.4 is 5.32 Å². The van der Waals surface area contributed by atoms with E-state index in [1.54, 1.807) is 0 Å². The second-order valence-electron chi connectivity index (χ2n) is 3.75. The molecule has 0 aromatic carbocycles. The average Bonchev–Trinajstić information content (AvgIpc) is 2.12. The molecule has 0 amide bonds. The van der Waals surface area contributed by atoms with Gasteiger partial charge in [0, 0.05) is 6.04 Å². The number of hydrogen-bond donors (Lipinski definition) is 1. The van der Waals surface area contributed by atoms with E-state index in [0.29, 0.717) is 5.75 Å². The predicted molar refractivity (Wildman–Crippen MR) is 57.7 cm³/mol. The lowest BCUT2D eigenvalue weighted by molar-refractivity contribution is 0.450. The van der Waals surface area contributed by atoms with Crippen molar-refractivity contribution < 1.29 is 8.42 Å². The SMILES string of the molecule is C#CC(CC)NC1CCCS(=O)(=O)C1. The molecular weight excluding hydrogens is 198 g/mol. The van der Waals surface area contributed by atoms with Crippen LogP contribution >= 0.6 is 0 Å². The Bertz CT molecular complexity index is 316. The summed E-state index contributed by atoms with van der Waals surface area (Å²) in [7, 11) is -2.83. The molecule has 2 unspecified atom stereocenters. The molecule has 0 spiro atoms. The van der Waals surface area contributed by atoms with Crippen LogP contribution in [0.4, 0.5) is 0 Å². The molecule has 1 N–H and O–H groups in total. The van der Waals surface area contributed by atoms with Crippen molar-refractivity contribution in [1.82, 2.24) is 5.32 Å². The van der Waals surface area contributed by atoms with Crippen molar-refractivity contribution in [2.75, 3.05) is 11.5 Å². The van der Waals surface area contributed by atoms with Crippen LogP contribution in [0.3, 0.4) is 0 Å². The van der Waals surface area contributed by atoms with Crippen LogP contribution in [-0.2, 0) is 9.84 Å². The molecule has 1 saturated heterocycles. The molecule has 0 aliphatic carbocycles. The smallest absolute Gasteiger partial charge is 0.151 e. The van der Waals surface area contributed by atoms with Crippen LogP contribution in [0.2, 0.25) is 0 Å². The van der Waals surface area contributed by atoms with Crippen LogP contribution in [0.15, 0.2) is 0 Å². The van der Waals surface area contributed by atoms with Gasteiger partial charge in [-0.2, -0.15) is 0 Å². The third kappa shape index (κ3) is 3.32. The monoisotopic (exact) mass is 215 g/mol. The lowest BCUT2D eigenvalue weighted by atomic mass is 10.1. The second kappa shape index (κ2) is 4.81. The van der Waals surface area contributed by atoms with E-state index in [2.05, 4.69) is 11.2 Å². The Balaban J connectivity index is 2.50. The Morgan fingerprint density at radius 3 is 2.86 bits per heavy atom. The van der Waals surface area contributed by atoms with Crippen LogP contribution in [0.25, 0.3) is 0 Å². The molecule has 0 bridgehead atoms. The van der Waals surface area contributed by atoms with Gasteiger partial charge in [-0.05, 0) is 19.3 Å². The van der Waals surface area contributed by atoms with Gasteiger partial charge in [0.25, 0.3) is 0 Å². The Labute approximate surface area is 86.2 Å². The van der Waals surface area contributed by atoms with E-state index in [1.807, 2.05) is 6.92 Å². The van der Waals surface area contributed by atoms with E-state index in [4.69, 9.17) is 6.42 Å². The molecule has 0 aromatic heterocycles. The number of sulfone groups is 1. The van der Waals surface area contributed by atoms with Crippen molar-refractivity contribution in [1.29, 1.82) is 0 Å². The molecule has 1 aliphatic rings. The van der Waals surface area contributed by atoms with Gasteiger partial charge in [0.05, 0.1) is 17.5 Å². The topological polar surface area (TPSA) is 46.2 Å². The summed E-state index contributed by atoms with van der Waals surface area (Å²) in [5.74, 6) is 3.19. The van der Waals surface area contributed by atoms with Crippen molar-refractivity contribution in [2.45, 2.75) is 38.3 Å². The van der Waals surface area contributed by atoms with Gasteiger partial charge < -0.3 is 0 Å². The second-order valence-corrected chi connectivity index (χ2v) is 5.98. The largest absolute Gasteiger partial charge is 0.300 e. The highest BCUT2D eigenvalue weighted by Crippen LogP contribution is 2.12. The molecule has 14 heavy (non-hydrogen) atoms. The Morgan fingerprint density at radius 1 is 1.64 bits per heavy atom. The normalized spacial score (nSPS) is 27.9. The lowest BCUT2D eigenvalue weighted by Gasteiger charge is -2.25. The molecule has 4 heteroatoms. The summed E-state index contributed by atoms with van der Waals surface area (Å²) in [6, 6.07) is 0.0584. The minimum atomic E-state index is -2.83. The van der Waals surface area contributed by atoms with Gasteiger partial charge in [0.2, 0.25) is 0 Å². The fourth-order valence-corrected chi connectivity index (χ4v) is 3.37. The van der Waals surface area contributed by atoms with E-state index < -0.39 is 9.84 Å². The standard InChI is InChI=1S/C10H17NO2S/c1-3-9(4-2)11-10-6-5-7-14(12,13)8-10/h1,9-11H,4-8H2,2H3. The fraction of sp³-hybridized carbons (Fsp3) is 0.800. The van der Waals surface area contributed by atoms with E-state index in [0.717, 1.165) is 19.3 Å². The maximum absolute atomic E-state index is 11.3. The lowest BCUT2D eigenvalue weighted by Crippen LogP contribution is -2.44. The summed E-state index contributed by atoms with van der Waals surface area (Å²) in [4.78, 5) is 0. The average molecular weight is 215 g/mol. The molecule has 80 valence electrons. The third-order valence-corrected chi connectivity index (χ3v) is 4.33. The first-order valence-corrected chi connectivity index (χ1v) is 6.82. The molecule has 1 rings (SSSR count). The maximum atomic E-state index is 11.3. The quantitative estimate of drug-likeness (QED) is 0.700. The first kappa shape index (κ1) is 11.5. The zero-order valence-corrected chi connectivity index (χ0v) is 9.31. The Morgan fingerprint density at radius 2 is 2.36 bits per heavy atom. The van der Waals surface area contributed by atoms with E-state index >= 15 is 0 Å². The number of terminal acetylenes is 1. The summed E-state index contributed by atoms with van der Waals surface area (Å²) in [6.07, 6.45) is 7.81. The third-order valence-electron chi connectivity index (χ3n) is 2.51. The molecule has 1 heterocycles. The maximum Gasteiger partial charge on any atom is 0.151 e. The van der Waals surface area contributed by atoms with Gasteiger partial charge in [0.1, 0.15) is 0 Å². The highest BCUT2D eigenvalue weighted by atomic mass is 32.2. The van der Waals surface area contributed by atoms with Crippen LogP contribution in [0.5, 0.6) is 0 Å². The van der Waals surface area contributed by atoms with Gasteiger partial charge in [-0.15, -0.1) is 6.42 Å². The molecule has 3 nitrogen and oxygen atoms in total. The summed E-state index contributed by atoms with van der Waals surface area (Å²) in [6.45, 7) is 1.99. The van der Waals surface area contributed by atoms with Crippen molar-refractivity contribution in [2.24, 2.45) is 0 Å². The number of rotatable bonds is 3. The van der Waals surface area contributed by atoms with Crippen molar-refractivity contribution in [3.63, 3.8) is 0 Å². The summed E-state index contributed by atoms with van der Waals surface area (Å²) >= 11 is 0. The predicted octanol–water partition coefficient (Wildman–Crippen LogP) is 0.565. The zero-order valence-electron chi connectivity index (χ0n) is 8.49. The first-order chi connectivity index (χ1) is 6.57. The van der Waals surface area contributed by atoms with E-state index in [1.165, 1.54) is 0 Å². The molecular formula is C10H17NO2S. The van der Waals surface area contributed by atoms with E-state index in [-0.39, 0.29) is 17.8 Å². The molecule has 0 aromatic rings. The summed E-state index contributed by atoms with van der Waals surface area (Å²) in [5.41, 5.74) is 0. The van der Waals surface area contributed by atoms with Gasteiger partial charge in [0.15, 0.2) is 9.84 Å². The highest BCUT2D eigenvalue weighted by molar-refractivity contribution is 7.91. The van der Waals surface area contributed by atoms with Crippen LogP contribution in [0, 0.1) is 12.3 Å². The molecule has 1 aliphatic heterocycles. The zero-order chi connectivity index (χ0) is 10.6. The molecule has 1 fully saturated rings. The van der Waals surface area contributed by atoms with Crippen molar-refractivity contribution in [3.8, 4) is 12.3 Å². The van der Waals surface area contributed by atoms with Gasteiger partial charge in [-0.1, -0.05) is 12.8 Å². The van der Waals surface area contributed by atoms with Gasteiger partial charge >= 0.3 is 0 Å². The fourth-order valence-electron chi connectivity index (χ4n) is 1.72. The van der Waals surface area contributed by atoms with Crippen LogP contribution in [-0.4, -0.2) is 32.0 Å². The summed E-state index contributed by atoms with van der Waals surface area (Å²) in [5, 5.41) is 3.20. The van der Waals surface area contributed by atoms with Crippen molar-refractivity contribution in [3.05, 3.63) is 0 Å².